The number of alkyl halides is 3. The van der Waals surface area contributed by atoms with E-state index in [1.165, 1.54) is 23.1 Å². The fraction of sp³-hybridized carbons (Fsp3) is 0.353. The Balaban J connectivity index is 1.41. The van der Waals surface area contributed by atoms with E-state index in [2.05, 4.69) is 29.8 Å². The number of halogens is 3. The average molecular weight is 403 g/mol. The molecular weight excluding hydrogens is 387 g/mol. The van der Waals surface area contributed by atoms with Crippen molar-refractivity contribution >= 4 is 28.4 Å². The smallest absolute Gasteiger partial charge is 0.351 e. The maximum atomic E-state index is 13.0. The van der Waals surface area contributed by atoms with E-state index in [0.29, 0.717) is 32.0 Å². The van der Waals surface area contributed by atoms with Gasteiger partial charge in [-0.3, -0.25) is 0 Å². The van der Waals surface area contributed by atoms with Gasteiger partial charge in [-0.05, 0) is 0 Å². The lowest BCUT2D eigenvalue weighted by Crippen LogP contribution is -2.47. The fourth-order valence-corrected chi connectivity index (χ4v) is 3.56. The van der Waals surface area contributed by atoms with Crippen LogP contribution >= 0.6 is 0 Å². The van der Waals surface area contributed by atoms with E-state index < -0.39 is 11.9 Å². The molecule has 29 heavy (non-hydrogen) atoms. The van der Waals surface area contributed by atoms with Gasteiger partial charge in [-0.1, -0.05) is 0 Å². The second-order valence-electron chi connectivity index (χ2n) is 6.80. The zero-order chi connectivity index (χ0) is 20.2. The molecule has 0 spiro atoms. The van der Waals surface area contributed by atoms with E-state index in [9.17, 15) is 13.2 Å². The normalized spacial score (nSPS) is 15.6. The highest BCUT2D eigenvalue weighted by atomic mass is 19.4. The molecule has 0 aliphatic carbocycles. The molecule has 0 amide bonds. The minimum atomic E-state index is -4.50. The molecule has 5 heterocycles. The van der Waals surface area contributed by atoms with Gasteiger partial charge in [0.05, 0.1) is 6.33 Å². The summed E-state index contributed by atoms with van der Waals surface area (Å²) in [7, 11) is 1.87. The van der Waals surface area contributed by atoms with Crippen LogP contribution in [0.15, 0.2) is 31.2 Å². The number of imidazole rings is 2. The Hall–Kier alpha value is -3.44. The molecule has 150 valence electrons. The Bertz CT molecular complexity index is 1190. The summed E-state index contributed by atoms with van der Waals surface area (Å²) in [4.78, 5) is 25.1. The topological polar surface area (TPSA) is 80.3 Å². The number of aromatic nitrogens is 7. The summed E-state index contributed by atoms with van der Waals surface area (Å²) in [6.45, 7) is 2.38. The zero-order valence-corrected chi connectivity index (χ0v) is 15.4. The van der Waals surface area contributed by atoms with Crippen molar-refractivity contribution in [1.29, 1.82) is 0 Å². The van der Waals surface area contributed by atoms with Gasteiger partial charge in [0, 0.05) is 51.8 Å². The standard InChI is InChI=1S/C17H16F3N9/c1-26-10-24-12-13(26)22-9-23-14(12)27-4-6-28(7-5-27)15-16-25-11(17(18,19)20)8-29(16)3-2-21-15/h2-3,8-10H,4-7H2,1H3. The fourth-order valence-electron chi connectivity index (χ4n) is 3.56. The first-order chi connectivity index (χ1) is 13.9. The molecule has 1 saturated heterocycles. The van der Waals surface area contributed by atoms with Crippen LogP contribution in [0.2, 0.25) is 0 Å². The summed E-state index contributed by atoms with van der Waals surface area (Å²) in [5.74, 6) is 1.19. The Labute approximate surface area is 162 Å². The van der Waals surface area contributed by atoms with Gasteiger partial charge in [0.15, 0.2) is 34.1 Å². The number of hydrogen-bond acceptors (Lipinski definition) is 7. The molecular formula is C17H16F3N9. The van der Waals surface area contributed by atoms with Gasteiger partial charge in [0.25, 0.3) is 0 Å². The molecule has 0 atom stereocenters. The molecule has 0 saturated carbocycles. The summed E-state index contributed by atoms with van der Waals surface area (Å²) < 4.78 is 42.3. The van der Waals surface area contributed by atoms with Crippen LogP contribution in [0.4, 0.5) is 24.8 Å². The summed E-state index contributed by atoms with van der Waals surface area (Å²) in [5.41, 5.74) is 0.749. The highest BCUT2D eigenvalue weighted by Gasteiger charge is 2.35. The molecule has 0 unspecified atom stereocenters. The van der Waals surface area contributed by atoms with Gasteiger partial charge in [-0.15, -0.1) is 0 Å². The van der Waals surface area contributed by atoms with Crippen molar-refractivity contribution in [3.63, 3.8) is 0 Å². The third kappa shape index (κ3) is 2.91. The Kier molecular flexibility index (Phi) is 3.83. The molecule has 0 N–H and O–H groups in total. The SMILES string of the molecule is Cn1cnc2c(N3CCN(c4nccn5cc(C(F)(F)F)nc45)CC3)ncnc21. The molecule has 12 heteroatoms. The second kappa shape index (κ2) is 6.29. The number of hydrogen-bond donors (Lipinski definition) is 0. The van der Waals surface area contributed by atoms with E-state index in [0.717, 1.165) is 23.2 Å². The van der Waals surface area contributed by atoms with Crippen molar-refractivity contribution in [1.82, 2.24) is 33.9 Å². The molecule has 0 aromatic carbocycles. The van der Waals surface area contributed by atoms with E-state index >= 15 is 0 Å². The first-order valence-corrected chi connectivity index (χ1v) is 8.94. The van der Waals surface area contributed by atoms with Crippen LogP contribution < -0.4 is 9.80 Å². The third-order valence-electron chi connectivity index (χ3n) is 5.00. The predicted molar refractivity (Wildman–Crippen MR) is 98.7 cm³/mol. The van der Waals surface area contributed by atoms with Gasteiger partial charge in [0.2, 0.25) is 0 Å². The van der Waals surface area contributed by atoms with Crippen LogP contribution in [-0.2, 0) is 13.2 Å². The molecule has 9 nitrogen and oxygen atoms in total. The van der Waals surface area contributed by atoms with E-state index in [1.807, 2.05) is 16.5 Å². The van der Waals surface area contributed by atoms with E-state index in [1.54, 1.807) is 6.33 Å². The second-order valence-corrected chi connectivity index (χ2v) is 6.80. The van der Waals surface area contributed by atoms with Crippen LogP contribution in [0.1, 0.15) is 5.69 Å². The Morgan fingerprint density at radius 3 is 2.34 bits per heavy atom. The molecule has 5 rings (SSSR count). The van der Waals surface area contributed by atoms with Crippen LogP contribution in [0, 0.1) is 0 Å². The van der Waals surface area contributed by atoms with Crippen molar-refractivity contribution in [3.8, 4) is 0 Å². The first-order valence-electron chi connectivity index (χ1n) is 8.94. The van der Waals surface area contributed by atoms with Gasteiger partial charge in [0.1, 0.15) is 6.33 Å². The third-order valence-corrected chi connectivity index (χ3v) is 5.00. The zero-order valence-electron chi connectivity index (χ0n) is 15.4. The highest BCUT2D eigenvalue weighted by molar-refractivity contribution is 5.83. The first kappa shape index (κ1) is 17.6. The number of aryl methyl sites for hydroxylation is 1. The minimum Gasteiger partial charge on any atom is -0.351 e. The van der Waals surface area contributed by atoms with Crippen LogP contribution in [0.25, 0.3) is 16.8 Å². The van der Waals surface area contributed by atoms with Gasteiger partial charge in [-0.2, -0.15) is 13.2 Å². The molecule has 0 bridgehead atoms. The molecule has 0 radical (unpaired) electrons. The van der Waals surface area contributed by atoms with E-state index in [-0.39, 0.29) is 5.65 Å². The van der Waals surface area contributed by atoms with Crippen molar-refractivity contribution in [2.24, 2.45) is 7.05 Å². The molecule has 4 aromatic rings. The van der Waals surface area contributed by atoms with Crippen LogP contribution in [-0.4, -0.2) is 60.1 Å². The Morgan fingerprint density at radius 2 is 1.62 bits per heavy atom. The average Bonchev–Trinajstić information content (AvgIpc) is 3.32. The number of nitrogens with zero attached hydrogens (tertiary/aromatic N) is 9. The van der Waals surface area contributed by atoms with Crippen LogP contribution in [0.5, 0.6) is 0 Å². The lowest BCUT2D eigenvalue weighted by Gasteiger charge is -2.35. The van der Waals surface area contributed by atoms with Crippen molar-refractivity contribution in [2.75, 3.05) is 36.0 Å². The number of rotatable bonds is 2. The van der Waals surface area contributed by atoms with Gasteiger partial charge < -0.3 is 18.8 Å². The summed E-state index contributed by atoms with van der Waals surface area (Å²) in [6.07, 6.45) is 2.64. The number of anilines is 2. The maximum Gasteiger partial charge on any atom is 0.434 e. The quantitative estimate of drug-likeness (QED) is 0.504. The summed E-state index contributed by atoms with van der Waals surface area (Å²) >= 11 is 0. The maximum absolute atomic E-state index is 13.0. The molecule has 1 aliphatic heterocycles. The summed E-state index contributed by atoms with van der Waals surface area (Å²) in [6, 6.07) is 0. The number of piperazine rings is 1. The monoisotopic (exact) mass is 403 g/mol. The molecule has 4 aromatic heterocycles. The van der Waals surface area contributed by atoms with Crippen LogP contribution in [0.3, 0.4) is 0 Å². The van der Waals surface area contributed by atoms with Gasteiger partial charge in [-0.25, -0.2) is 24.9 Å². The van der Waals surface area contributed by atoms with Gasteiger partial charge >= 0.3 is 6.18 Å². The van der Waals surface area contributed by atoms with Crippen molar-refractivity contribution in [2.45, 2.75) is 6.18 Å². The number of fused-ring (bicyclic) bond motifs is 2. The van der Waals surface area contributed by atoms with Crippen molar-refractivity contribution < 1.29 is 13.2 Å². The van der Waals surface area contributed by atoms with E-state index in [4.69, 9.17) is 0 Å². The minimum absolute atomic E-state index is 0.197. The Morgan fingerprint density at radius 1 is 0.897 bits per heavy atom. The summed E-state index contributed by atoms with van der Waals surface area (Å²) in [5, 5.41) is 0. The predicted octanol–water partition coefficient (Wildman–Crippen LogP) is 1.75. The molecule has 1 fully saturated rings. The largest absolute Gasteiger partial charge is 0.434 e. The lowest BCUT2D eigenvalue weighted by molar-refractivity contribution is -0.140. The molecule has 1 aliphatic rings. The highest BCUT2D eigenvalue weighted by Crippen LogP contribution is 2.31. The lowest BCUT2D eigenvalue weighted by atomic mass is 10.3. The van der Waals surface area contributed by atoms with Crippen molar-refractivity contribution in [3.05, 3.63) is 36.9 Å².